The molecular weight excluding hydrogens is 292 g/mol. The fourth-order valence-electron chi connectivity index (χ4n) is 1.82. The van der Waals surface area contributed by atoms with Crippen LogP contribution in [0.15, 0.2) is 17.5 Å². The lowest BCUT2D eigenvalue weighted by molar-refractivity contribution is -0.121. The van der Waals surface area contributed by atoms with Crippen molar-refractivity contribution in [1.82, 2.24) is 20.3 Å². The number of hydrogen-bond acceptors (Lipinski definition) is 5. The van der Waals surface area contributed by atoms with Gasteiger partial charge >= 0.3 is 5.97 Å². The first-order valence-corrected chi connectivity index (χ1v) is 7.48. The van der Waals surface area contributed by atoms with E-state index >= 15 is 0 Å². The van der Waals surface area contributed by atoms with E-state index < -0.39 is 5.97 Å². The van der Waals surface area contributed by atoms with Crippen molar-refractivity contribution >= 4 is 23.2 Å². The molecule has 0 aliphatic carbocycles. The molecule has 7 nitrogen and oxygen atoms in total. The summed E-state index contributed by atoms with van der Waals surface area (Å²) in [5.74, 6) is -1.36. The van der Waals surface area contributed by atoms with E-state index in [0.29, 0.717) is 12.2 Å². The van der Waals surface area contributed by atoms with Crippen molar-refractivity contribution in [2.75, 3.05) is 6.54 Å². The van der Waals surface area contributed by atoms with Gasteiger partial charge in [-0.15, -0.1) is 16.4 Å². The molecule has 2 heterocycles. The van der Waals surface area contributed by atoms with Gasteiger partial charge in [-0.1, -0.05) is 24.6 Å². The molecule has 0 saturated carbocycles. The molecule has 0 aliphatic heterocycles. The van der Waals surface area contributed by atoms with Crippen molar-refractivity contribution in [3.05, 3.63) is 23.2 Å². The summed E-state index contributed by atoms with van der Waals surface area (Å²) in [7, 11) is 0. The van der Waals surface area contributed by atoms with Gasteiger partial charge in [0, 0.05) is 6.54 Å². The first kappa shape index (κ1) is 15.2. The van der Waals surface area contributed by atoms with Gasteiger partial charge in [-0.25, -0.2) is 9.48 Å². The average molecular weight is 308 g/mol. The average Bonchev–Trinajstić information content (AvgIpc) is 3.07. The number of carbonyl (C=O) groups is 2. The lowest BCUT2D eigenvalue weighted by atomic mass is 10.2. The molecule has 2 aromatic rings. The zero-order valence-electron chi connectivity index (χ0n) is 11.6. The molecule has 0 atom stereocenters. The summed E-state index contributed by atoms with van der Waals surface area (Å²) in [5, 5.41) is 21.2. The second-order valence-electron chi connectivity index (χ2n) is 4.43. The molecule has 0 bridgehead atoms. The third-order valence-electron chi connectivity index (χ3n) is 2.84. The Morgan fingerprint density at radius 2 is 2.29 bits per heavy atom. The second kappa shape index (κ2) is 6.98. The van der Waals surface area contributed by atoms with Crippen molar-refractivity contribution < 1.29 is 14.7 Å². The SMILES string of the molecule is CCCCNC(=O)Cn1nnc(C(=O)O)c1-c1cccs1. The molecule has 2 rings (SSSR count). The van der Waals surface area contributed by atoms with Gasteiger partial charge in [-0.3, -0.25) is 4.79 Å². The van der Waals surface area contributed by atoms with Crippen LogP contribution in [0.25, 0.3) is 10.6 Å². The standard InChI is InChI=1S/C13H16N4O3S/c1-2-3-6-14-10(18)8-17-12(9-5-4-7-21-9)11(13(19)20)15-16-17/h4-5,7H,2-3,6,8H2,1H3,(H,14,18)(H,19,20). The highest BCUT2D eigenvalue weighted by molar-refractivity contribution is 7.13. The highest BCUT2D eigenvalue weighted by Gasteiger charge is 2.22. The Hall–Kier alpha value is -2.22. The maximum absolute atomic E-state index is 11.8. The Balaban J connectivity index is 2.20. The fourth-order valence-corrected chi connectivity index (χ4v) is 2.60. The summed E-state index contributed by atoms with van der Waals surface area (Å²) in [6.45, 7) is 2.60. The third kappa shape index (κ3) is 3.66. The molecule has 0 aliphatic rings. The maximum atomic E-state index is 11.8. The molecule has 0 saturated heterocycles. The first-order valence-electron chi connectivity index (χ1n) is 6.60. The lowest BCUT2D eigenvalue weighted by Crippen LogP contribution is -2.29. The van der Waals surface area contributed by atoms with Gasteiger partial charge in [-0.05, 0) is 17.9 Å². The lowest BCUT2D eigenvalue weighted by Gasteiger charge is -2.06. The Morgan fingerprint density at radius 1 is 1.48 bits per heavy atom. The summed E-state index contributed by atoms with van der Waals surface area (Å²) >= 11 is 1.38. The van der Waals surface area contributed by atoms with Crippen LogP contribution in [-0.2, 0) is 11.3 Å². The number of carboxylic acids is 1. The van der Waals surface area contributed by atoms with Crippen LogP contribution in [0.3, 0.4) is 0 Å². The quantitative estimate of drug-likeness (QED) is 0.758. The zero-order valence-corrected chi connectivity index (χ0v) is 12.4. The Labute approximate surface area is 125 Å². The maximum Gasteiger partial charge on any atom is 0.358 e. The molecule has 112 valence electrons. The predicted octanol–water partition coefficient (Wildman–Crippen LogP) is 1.62. The van der Waals surface area contributed by atoms with Crippen molar-refractivity contribution in [1.29, 1.82) is 0 Å². The normalized spacial score (nSPS) is 10.5. The van der Waals surface area contributed by atoms with Gasteiger partial charge in [0.25, 0.3) is 0 Å². The minimum Gasteiger partial charge on any atom is -0.476 e. The molecule has 0 fully saturated rings. The van der Waals surface area contributed by atoms with E-state index in [2.05, 4.69) is 15.6 Å². The minimum atomic E-state index is -1.16. The molecular formula is C13H16N4O3S. The summed E-state index contributed by atoms with van der Waals surface area (Å²) in [5.41, 5.74) is 0.224. The van der Waals surface area contributed by atoms with Crippen LogP contribution in [-0.4, -0.2) is 38.5 Å². The fraction of sp³-hybridized carbons (Fsp3) is 0.385. The van der Waals surface area contributed by atoms with E-state index in [-0.39, 0.29) is 18.1 Å². The van der Waals surface area contributed by atoms with E-state index in [9.17, 15) is 14.7 Å². The van der Waals surface area contributed by atoms with Crippen molar-refractivity contribution in [3.8, 4) is 10.6 Å². The van der Waals surface area contributed by atoms with Crippen LogP contribution in [0, 0.1) is 0 Å². The van der Waals surface area contributed by atoms with Crippen LogP contribution in [0.4, 0.5) is 0 Å². The number of nitrogens with one attached hydrogen (secondary N) is 1. The van der Waals surface area contributed by atoms with Gasteiger partial charge in [0.1, 0.15) is 12.2 Å². The van der Waals surface area contributed by atoms with Gasteiger partial charge < -0.3 is 10.4 Å². The molecule has 0 unspecified atom stereocenters. The third-order valence-corrected chi connectivity index (χ3v) is 3.71. The molecule has 0 aromatic carbocycles. The zero-order chi connectivity index (χ0) is 15.2. The summed E-state index contributed by atoms with van der Waals surface area (Å²) < 4.78 is 1.33. The van der Waals surface area contributed by atoms with Crippen molar-refractivity contribution in [3.63, 3.8) is 0 Å². The minimum absolute atomic E-state index is 0.0444. The molecule has 2 aromatic heterocycles. The smallest absolute Gasteiger partial charge is 0.358 e. The number of thiophene rings is 1. The molecule has 2 N–H and O–H groups in total. The number of nitrogens with zero attached hydrogens (tertiary/aromatic N) is 3. The first-order chi connectivity index (χ1) is 10.1. The van der Waals surface area contributed by atoms with Gasteiger partial charge in [-0.2, -0.15) is 0 Å². The predicted molar refractivity (Wildman–Crippen MR) is 78.2 cm³/mol. The molecule has 0 spiro atoms. The molecule has 8 heteroatoms. The molecule has 1 amide bonds. The number of carbonyl (C=O) groups excluding carboxylic acids is 1. The summed E-state index contributed by atoms with van der Waals surface area (Å²) in [6, 6.07) is 3.59. The second-order valence-corrected chi connectivity index (χ2v) is 5.38. The number of amides is 1. The summed E-state index contributed by atoms with van der Waals surface area (Å²) in [6.07, 6.45) is 1.90. The van der Waals surface area contributed by atoms with E-state index in [1.807, 2.05) is 18.4 Å². The number of aromatic nitrogens is 3. The molecule has 21 heavy (non-hydrogen) atoms. The number of hydrogen-bond donors (Lipinski definition) is 2. The Bertz CT molecular complexity index is 621. The van der Waals surface area contributed by atoms with Crippen LogP contribution >= 0.6 is 11.3 Å². The Kier molecular flexibility index (Phi) is 5.04. The highest BCUT2D eigenvalue weighted by Crippen LogP contribution is 2.26. The summed E-state index contributed by atoms with van der Waals surface area (Å²) in [4.78, 5) is 23.8. The number of aromatic carboxylic acids is 1. The van der Waals surface area contributed by atoms with Gasteiger partial charge in [0.2, 0.25) is 5.91 Å². The topological polar surface area (TPSA) is 97.1 Å². The highest BCUT2D eigenvalue weighted by atomic mass is 32.1. The van der Waals surface area contributed by atoms with Gasteiger partial charge in [0.15, 0.2) is 5.69 Å². The Morgan fingerprint density at radius 3 is 2.90 bits per heavy atom. The van der Waals surface area contributed by atoms with Crippen LogP contribution in [0.1, 0.15) is 30.3 Å². The van der Waals surface area contributed by atoms with Crippen molar-refractivity contribution in [2.45, 2.75) is 26.3 Å². The van der Waals surface area contributed by atoms with Gasteiger partial charge in [0.05, 0.1) is 4.88 Å². The monoisotopic (exact) mass is 308 g/mol. The van der Waals surface area contributed by atoms with Crippen LogP contribution in [0.5, 0.6) is 0 Å². The van der Waals surface area contributed by atoms with E-state index in [1.54, 1.807) is 6.07 Å². The van der Waals surface area contributed by atoms with Crippen LogP contribution < -0.4 is 5.32 Å². The molecule has 0 radical (unpaired) electrons. The largest absolute Gasteiger partial charge is 0.476 e. The number of carboxylic acid groups (broad SMARTS) is 1. The number of rotatable bonds is 7. The van der Waals surface area contributed by atoms with E-state index in [0.717, 1.165) is 17.7 Å². The number of unbranched alkanes of at least 4 members (excludes halogenated alkanes) is 1. The van der Waals surface area contributed by atoms with E-state index in [1.165, 1.54) is 16.0 Å². The van der Waals surface area contributed by atoms with E-state index in [4.69, 9.17) is 0 Å². The van der Waals surface area contributed by atoms with Crippen LogP contribution in [0.2, 0.25) is 0 Å². The van der Waals surface area contributed by atoms with Crippen molar-refractivity contribution in [2.24, 2.45) is 0 Å².